The second-order valence-corrected chi connectivity index (χ2v) is 4.85. The molecule has 0 saturated carbocycles. The van der Waals surface area contributed by atoms with Gasteiger partial charge in [-0.05, 0) is 0 Å². The van der Waals surface area contributed by atoms with Gasteiger partial charge in [-0.25, -0.2) is 4.98 Å². The molecule has 3 heterocycles. The fourth-order valence-corrected chi connectivity index (χ4v) is 2.68. The number of aliphatic hydroxyl groups is 2. The maximum absolute atomic E-state index is 11.6. The summed E-state index contributed by atoms with van der Waals surface area (Å²) in [7, 11) is 0. The summed E-state index contributed by atoms with van der Waals surface area (Å²) in [5, 5.41) is 29.6. The SMILES string of the molecule is O=c1[nH]cnc2c([C@@H]3N[C@H](CS)[C@@H](O)[C@H]3O)[nH]nc12. The average Bonchev–Trinajstić information content (AvgIpc) is 2.94. The van der Waals surface area contributed by atoms with Crippen molar-refractivity contribution >= 4 is 23.7 Å². The van der Waals surface area contributed by atoms with Crippen molar-refractivity contribution in [2.24, 2.45) is 0 Å². The molecule has 0 radical (unpaired) electrons. The van der Waals surface area contributed by atoms with Gasteiger partial charge < -0.3 is 20.5 Å². The van der Waals surface area contributed by atoms with Crippen LogP contribution in [-0.2, 0) is 0 Å². The lowest BCUT2D eigenvalue weighted by Gasteiger charge is -2.13. The maximum atomic E-state index is 11.6. The highest BCUT2D eigenvalue weighted by Gasteiger charge is 2.42. The molecule has 0 amide bonds. The highest BCUT2D eigenvalue weighted by molar-refractivity contribution is 7.80. The van der Waals surface area contributed by atoms with Gasteiger partial charge in [0.1, 0.15) is 11.6 Å². The van der Waals surface area contributed by atoms with Crippen LogP contribution in [0.2, 0.25) is 0 Å². The Balaban J connectivity index is 2.06. The fourth-order valence-electron chi connectivity index (χ4n) is 2.36. The Hall–Kier alpha value is -1.42. The molecular weight excluding hydrogens is 270 g/mol. The van der Waals surface area contributed by atoms with Crippen LogP contribution in [0.15, 0.2) is 11.1 Å². The second-order valence-electron chi connectivity index (χ2n) is 4.48. The summed E-state index contributed by atoms with van der Waals surface area (Å²) in [4.78, 5) is 18.0. The van der Waals surface area contributed by atoms with E-state index in [0.717, 1.165) is 0 Å². The maximum Gasteiger partial charge on any atom is 0.279 e. The summed E-state index contributed by atoms with van der Waals surface area (Å²) in [5.74, 6) is 0.384. The number of nitrogens with one attached hydrogen (secondary N) is 3. The van der Waals surface area contributed by atoms with E-state index in [4.69, 9.17) is 0 Å². The van der Waals surface area contributed by atoms with Gasteiger partial charge in [-0.3, -0.25) is 9.89 Å². The molecule has 19 heavy (non-hydrogen) atoms. The van der Waals surface area contributed by atoms with Gasteiger partial charge in [0, 0.05) is 11.8 Å². The molecule has 1 saturated heterocycles. The Bertz CT molecular complexity index is 656. The van der Waals surface area contributed by atoms with Crippen molar-refractivity contribution in [2.45, 2.75) is 24.3 Å². The molecule has 0 aliphatic carbocycles. The molecule has 3 rings (SSSR count). The minimum Gasteiger partial charge on any atom is -0.389 e. The van der Waals surface area contributed by atoms with Crippen molar-refractivity contribution in [3.05, 3.63) is 22.4 Å². The van der Waals surface area contributed by atoms with Crippen LogP contribution in [0.3, 0.4) is 0 Å². The van der Waals surface area contributed by atoms with Gasteiger partial charge in [-0.1, -0.05) is 0 Å². The van der Waals surface area contributed by atoms with E-state index in [0.29, 0.717) is 17.0 Å². The standard InChI is InChI=1S/C10H13N5O3S/c16-8-3(1-19)13-6(9(8)17)5-4-7(15-14-5)10(18)12-2-11-4/h2-3,6,8-9,13,16-17,19H,1H2,(H,14,15)(H,11,12,18)/t3-,6+,8-,9+/m1/s1. The Labute approximate surface area is 112 Å². The number of fused-ring (bicyclic) bond motifs is 1. The molecule has 4 atom stereocenters. The van der Waals surface area contributed by atoms with Crippen molar-refractivity contribution < 1.29 is 10.2 Å². The minimum absolute atomic E-state index is 0.176. The first kappa shape index (κ1) is 12.6. The zero-order valence-corrected chi connectivity index (χ0v) is 10.6. The minimum atomic E-state index is -1.01. The highest BCUT2D eigenvalue weighted by Crippen LogP contribution is 2.29. The number of nitrogens with zero attached hydrogens (tertiary/aromatic N) is 2. The van der Waals surface area contributed by atoms with E-state index in [1.54, 1.807) is 0 Å². The Kier molecular flexibility index (Phi) is 3.05. The lowest BCUT2D eigenvalue weighted by atomic mass is 10.1. The number of aromatic nitrogens is 4. The van der Waals surface area contributed by atoms with Gasteiger partial charge in [-0.15, -0.1) is 0 Å². The number of aromatic amines is 2. The summed E-state index contributed by atoms with van der Waals surface area (Å²) in [5.41, 5.74) is 0.686. The van der Waals surface area contributed by atoms with Gasteiger partial charge >= 0.3 is 0 Å². The van der Waals surface area contributed by atoms with E-state index < -0.39 is 18.2 Å². The molecular formula is C10H13N5O3S. The number of aliphatic hydroxyl groups excluding tert-OH is 2. The third kappa shape index (κ3) is 1.86. The molecule has 9 heteroatoms. The van der Waals surface area contributed by atoms with E-state index in [1.807, 2.05) is 0 Å². The molecule has 102 valence electrons. The van der Waals surface area contributed by atoms with Crippen molar-refractivity contribution in [1.82, 2.24) is 25.5 Å². The predicted octanol–water partition coefficient (Wildman–Crippen LogP) is -1.69. The highest BCUT2D eigenvalue weighted by atomic mass is 32.1. The van der Waals surface area contributed by atoms with Crippen molar-refractivity contribution in [3.8, 4) is 0 Å². The molecule has 2 aromatic heterocycles. The van der Waals surface area contributed by atoms with E-state index in [2.05, 4.69) is 38.1 Å². The van der Waals surface area contributed by atoms with E-state index in [-0.39, 0.29) is 17.1 Å². The van der Waals surface area contributed by atoms with Crippen LogP contribution in [0.25, 0.3) is 11.0 Å². The van der Waals surface area contributed by atoms with Crippen LogP contribution in [0, 0.1) is 0 Å². The third-order valence-corrected chi connectivity index (χ3v) is 3.77. The number of thiol groups is 1. The molecule has 5 N–H and O–H groups in total. The van der Waals surface area contributed by atoms with Gasteiger partial charge in [-0.2, -0.15) is 17.7 Å². The molecule has 2 aromatic rings. The number of H-pyrrole nitrogens is 2. The van der Waals surface area contributed by atoms with E-state index in [9.17, 15) is 15.0 Å². The van der Waals surface area contributed by atoms with Crippen molar-refractivity contribution in [3.63, 3.8) is 0 Å². The van der Waals surface area contributed by atoms with Crippen LogP contribution >= 0.6 is 12.6 Å². The summed E-state index contributed by atoms with van der Waals surface area (Å²) in [6.07, 6.45) is -0.665. The van der Waals surface area contributed by atoms with E-state index >= 15 is 0 Å². The molecule has 0 bridgehead atoms. The van der Waals surface area contributed by atoms with Gasteiger partial charge in [0.05, 0.1) is 24.2 Å². The number of hydrogen-bond donors (Lipinski definition) is 6. The topological polar surface area (TPSA) is 127 Å². The van der Waals surface area contributed by atoms with Crippen LogP contribution in [0.4, 0.5) is 0 Å². The Morgan fingerprint density at radius 3 is 2.79 bits per heavy atom. The summed E-state index contributed by atoms with van der Waals surface area (Å²) in [6.45, 7) is 0. The van der Waals surface area contributed by atoms with Crippen LogP contribution in [-0.4, -0.2) is 54.4 Å². The van der Waals surface area contributed by atoms with E-state index in [1.165, 1.54) is 6.33 Å². The lowest BCUT2D eigenvalue weighted by Crippen LogP contribution is -2.34. The molecule has 8 nitrogen and oxygen atoms in total. The van der Waals surface area contributed by atoms with Crippen molar-refractivity contribution in [2.75, 3.05) is 5.75 Å². The summed E-state index contributed by atoms with van der Waals surface area (Å²) >= 11 is 4.11. The monoisotopic (exact) mass is 283 g/mol. The lowest BCUT2D eigenvalue weighted by molar-refractivity contribution is 0.0303. The quantitative estimate of drug-likeness (QED) is 0.365. The first-order chi connectivity index (χ1) is 9.13. The first-order valence-corrected chi connectivity index (χ1v) is 6.41. The smallest absolute Gasteiger partial charge is 0.279 e. The molecule has 1 fully saturated rings. The summed E-state index contributed by atoms with van der Waals surface area (Å²) < 4.78 is 0. The Morgan fingerprint density at radius 2 is 2.11 bits per heavy atom. The largest absolute Gasteiger partial charge is 0.389 e. The van der Waals surface area contributed by atoms with Gasteiger partial charge in [0.25, 0.3) is 5.56 Å². The molecule has 0 spiro atoms. The first-order valence-electron chi connectivity index (χ1n) is 5.78. The number of rotatable bonds is 2. The van der Waals surface area contributed by atoms with Crippen LogP contribution in [0.5, 0.6) is 0 Å². The number of hydrogen-bond acceptors (Lipinski definition) is 7. The van der Waals surface area contributed by atoms with Gasteiger partial charge in [0.15, 0.2) is 5.52 Å². The fraction of sp³-hybridized carbons (Fsp3) is 0.500. The molecule has 1 aliphatic heterocycles. The van der Waals surface area contributed by atoms with Crippen LogP contribution in [0.1, 0.15) is 11.7 Å². The van der Waals surface area contributed by atoms with Gasteiger partial charge in [0.2, 0.25) is 0 Å². The zero-order valence-electron chi connectivity index (χ0n) is 9.74. The van der Waals surface area contributed by atoms with Crippen LogP contribution < -0.4 is 10.9 Å². The third-order valence-electron chi connectivity index (χ3n) is 3.38. The average molecular weight is 283 g/mol. The predicted molar refractivity (Wildman–Crippen MR) is 70.0 cm³/mol. The second kappa shape index (κ2) is 4.60. The summed E-state index contributed by atoms with van der Waals surface area (Å²) in [6, 6.07) is -0.893. The normalized spacial score (nSPS) is 31.1. The molecule has 0 aromatic carbocycles. The van der Waals surface area contributed by atoms with Crippen molar-refractivity contribution in [1.29, 1.82) is 0 Å². The molecule has 1 aliphatic rings. The Morgan fingerprint density at radius 1 is 1.32 bits per heavy atom. The zero-order chi connectivity index (χ0) is 13.6. The molecule has 0 unspecified atom stereocenters.